The first kappa shape index (κ1) is 22.3. The highest BCUT2D eigenvalue weighted by Crippen LogP contribution is 2.36. The van der Waals surface area contributed by atoms with Crippen molar-refractivity contribution in [2.75, 3.05) is 13.7 Å². The van der Waals surface area contributed by atoms with E-state index >= 15 is 0 Å². The van der Waals surface area contributed by atoms with Crippen LogP contribution in [-0.2, 0) is 9.26 Å². The van der Waals surface area contributed by atoms with Crippen molar-refractivity contribution in [2.45, 2.75) is 45.4 Å². The molecule has 1 aromatic heterocycles. The number of hydrogen-bond acceptors (Lipinski definition) is 6. The minimum absolute atomic E-state index is 0.169. The van der Waals surface area contributed by atoms with E-state index in [0.717, 1.165) is 5.75 Å². The zero-order valence-corrected chi connectivity index (χ0v) is 17.5. The SMILES string of the molecule is CO[C@H](COP(NC(C)C)Oc1ccccc1)C[C@H](C)n1ccc(=O)[nH]c1=O. The molecule has 2 rings (SSSR count). The average molecular weight is 409 g/mol. The van der Waals surface area contributed by atoms with Crippen molar-refractivity contribution in [1.29, 1.82) is 0 Å². The van der Waals surface area contributed by atoms with Crippen LogP contribution < -0.4 is 20.9 Å². The molecule has 9 heteroatoms. The number of methoxy groups -OCH3 is 1. The molecule has 0 saturated carbocycles. The predicted molar refractivity (Wildman–Crippen MR) is 110 cm³/mol. The molecule has 1 unspecified atom stereocenters. The van der Waals surface area contributed by atoms with Crippen LogP contribution in [0, 0.1) is 0 Å². The zero-order chi connectivity index (χ0) is 20.5. The number of nitrogens with zero attached hydrogens (tertiary/aromatic N) is 1. The second-order valence-electron chi connectivity index (χ2n) is 6.70. The van der Waals surface area contributed by atoms with E-state index in [1.807, 2.05) is 51.1 Å². The molecule has 0 aliphatic carbocycles. The lowest BCUT2D eigenvalue weighted by Crippen LogP contribution is -2.33. The first-order chi connectivity index (χ1) is 13.4. The Morgan fingerprint density at radius 1 is 1.14 bits per heavy atom. The van der Waals surface area contributed by atoms with Crippen molar-refractivity contribution in [3.05, 3.63) is 63.4 Å². The largest absolute Gasteiger partial charge is 0.436 e. The van der Waals surface area contributed by atoms with Crippen molar-refractivity contribution in [2.24, 2.45) is 0 Å². The molecule has 2 N–H and O–H groups in total. The molecule has 1 heterocycles. The number of para-hydroxylation sites is 1. The normalized spacial score (nSPS) is 14.6. The number of ether oxygens (including phenoxy) is 1. The average Bonchev–Trinajstić information content (AvgIpc) is 2.65. The number of aromatic amines is 1. The first-order valence-electron chi connectivity index (χ1n) is 9.15. The fourth-order valence-corrected chi connectivity index (χ4v) is 3.75. The molecule has 8 nitrogen and oxygen atoms in total. The number of H-pyrrole nitrogens is 1. The first-order valence-corrected chi connectivity index (χ1v) is 10.3. The van der Waals surface area contributed by atoms with E-state index in [1.54, 1.807) is 7.11 Å². The van der Waals surface area contributed by atoms with Gasteiger partial charge in [0.05, 0.1) is 12.7 Å². The van der Waals surface area contributed by atoms with Gasteiger partial charge in [-0.05, 0) is 39.3 Å². The summed E-state index contributed by atoms with van der Waals surface area (Å²) in [6.07, 6.45) is 1.79. The molecule has 28 heavy (non-hydrogen) atoms. The summed E-state index contributed by atoms with van der Waals surface area (Å²) < 4.78 is 18.9. The van der Waals surface area contributed by atoms with E-state index in [0.29, 0.717) is 13.0 Å². The Bertz CT molecular complexity index is 824. The highest BCUT2D eigenvalue weighted by molar-refractivity contribution is 7.45. The topological polar surface area (TPSA) is 94.6 Å². The Kier molecular flexibility index (Phi) is 8.86. The van der Waals surface area contributed by atoms with Gasteiger partial charge in [0, 0.05) is 31.5 Å². The summed E-state index contributed by atoms with van der Waals surface area (Å²) >= 11 is 0. The van der Waals surface area contributed by atoms with Gasteiger partial charge in [0.25, 0.3) is 5.56 Å². The Morgan fingerprint density at radius 2 is 1.86 bits per heavy atom. The Hall–Kier alpha value is -1.99. The van der Waals surface area contributed by atoms with Crippen LogP contribution in [0.4, 0.5) is 0 Å². The van der Waals surface area contributed by atoms with Crippen LogP contribution in [0.1, 0.15) is 33.2 Å². The zero-order valence-electron chi connectivity index (χ0n) is 16.6. The van der Waals surface area contributed by atoms with Crippen molar-refractivity contribution in [1.82, 2.24) is 14.6 Å². The van der Waals surface area contributed by atoms with Crippen molar-refractivity contribution < 1.29 is 13.8 Å². The fraction of sp³-hybridized carbons (Fsp3) is 0.474. The van der Waals surface area contributed by atoms with Crippen LogP contribution >= 0.6 is 8.53 Å². The molecule has 154 valence electrons. The van der Waals surface area contributed by atoms with Gasteiger partial charge in [-0.2, -0.15) is 0 Å². The molecular weight excluding hydrogens is 381 g/mol. The van der Waals surface area contributed by atoms with Crippen LogP contribution in [0.3, 0.4) is 0 Å². The molecule has 0 radical (unpaired) electrons. The van der Waals surface area contributed by atoms with Crippen LogP contribution in [0.15, 0.2) is 52.2 Å². The molecule has 1 aromatic carbocycles. The maximum absolute atomic E-state index is 12.0. The summed E-state index contributed by atoms with van der Waals surface area (Å²) in [6.45, 7) is 6.23. The monoisotopic (exact) mass is 409 g/mol. The van der Waals surface area contributed by atoms with Gasteiger partial charge in [-0.3, -0.25) is 14.3 Å². The van der Waals surface area contributed by atoms with Gasteiger partial charge in [0.1, 0.15) is 5.75 Å². The van der Waals surface area contributed by atoms with Gasteiger partial charge < -0.3 is 13.8 Å². The molecule has 0 spiro atoms. The number of nitrogens with one attached hydrogen (secondary N) is 2. The van der Waals surface area contributed by atoms with E-state index in [9.17, 15) is 9.59 Å². The summed E-state index contributed by atoms with van der Waals surface area (Å²) in [6, 6.07) is 10.8. The minimum Gasteiger partial charge on any atom is -0.436 e. The van der Waals surface area contributed by atoms with E-state index in [2.05, 4.69) is 10.1 Å². The minimum atomic E-state index is -1.35. The number of aromatic nitrogens is 2. The van der Waals surface area contributed by atoms with Crippen LogP contribution in [0.25, 0.3) is 0 Å². The third-order valence-electron chi connectivity index (χ3n) is 3.94. The summed E-state index contributed by atoms with van der Waals surface area (Å²) in [7, 11) is 0.253. The summed E-state index contributed by atoms with van der Waals surface area (Å²) in [5.74, 6) is 0.726. The smallest absolute Gasteiger partial charge is 0.328 e. The van der Waals surface area contributed by atoms with Gasteiger partial charge >= 0.3 is 14.2 Å². The molecule has 2 aromatic rings. The molecule has 0 fully saturated rings. The molecular formula is C19H28N3O5P. The third kappa shape index (κ3) is 7.20. The van der Waals surface area contributed by atoms with Gasteiger partial charge in [0.2, 0.25) is 0 Å². The van der Waals surface area contributed by atoms with E-state index in [1.165, 1.54) is 16.8 Å². The van der Waals surface area contributed by atoms with Crippen LogP contribution in [0.2, 0.25) is 0 Å². The standard InChI is InChI=1S/C19H28N3O5P/c1-14(2)21-28(27-16-8-6-5-7-9-16)26-13-17(25-4)12-15(3)22-11-10-18(23)20-19(22)24/h5-11,14-15,17,21H,12-13H2,1-4H3,(H,20,23,24)/t15-,17-,28?/m0/s1. The summed E-state index contributed by atoms with van der Waals surface area (Å²) in [5, 5.41) is 3.28. The molecule has 0 aliphatic heterocycles. The fourth-order valence-electron chi connectivity index (χ4n) is 2.53. The number of hydrogen-bond donors (Lipinski definition) is 2. The van der Waals surface area contributed by atoms with Gasteiger partial charge in [-0.25, -0.2) is 9.88 Å². The molecule has 0 bridgehead atoms. The van der Waals surface area contributed by atoms with E-state index in [4.69, 9.17) is 13.8 Å². The predicted octanol–water partition coefficient (Wildman–Crippen LogP) is 2.82. The molecule has 0 aliphatic rings. The van der Waals surface area contributed by atoms with Crippen molar-refractivity contribution in [3.63, 3.8) is 0 Å². The molecule has 0 amide bonds. The van der Waals surface area contributed by atoms with E-state index < -0.39 is 19.8 Å². The van der Waals surface area contributed by atoms with E-state index in [-0.39, 0.29) is 18.2 Å². The maximum atomic E-state index is 12.0. The quantitative estimate of drug-likeness (QED) is 0.554. The lowest BCUT2D eigenvalue weighted by atomic mass is 10.1. The lowest BCUT2D eigenvalue weighted by molar-refractivity contribution is 0.0426. The second kappa shape index (κ2) is 11.1. The molecule has 3 atom stereocenters. The van der Waals surface area contributed by atoms with Crippen LogP contribution in [0.5, 0.6) is 5.75 Å². The van der Waals surface area contributed by atoms with Gasteiger partial charge in [0.15, 0.2) is 0 Å². The van der Waals surface area contributed by atoms with Gasteiger partial charge in [-0.1, -0.05) is 18.2 Å². The number of rotatable bonds is 11. The third-order valence-corrected chi connectivity index (χ3v) is 5.42. The summed E-state index contributed by atoms with van der Waals surface area (Å²) in [4.78, 5) is 25.4. The van der Waals surface area contributed by atoms with Crippen molar-refractivity contribution in [3.8, 4) is 5.75 Å². The maximum Gasteiger partial charge on any atom is 0.328 e. The van der Waals surface area contributed by atoms with Crippen molar-refractivity contribution >= 4 is 8.53 Å². The second-order valence-corrected chi connectivity index (χ2v) is 7.91. The Balaban J connectivity index is 1.97. The Morgan fingerprint density at radius 3 is 2.46 bits per heavy atom. The lowest BCUT2D eigenvalue weighted by Gasteiger charge is -2.25. The number of benzene rings is 1. The summed E-state index contributed by atoms with van der Waals surface area (Å²) in [5.41, 5.74) is -0.851. The van der Waals surface area contributed by atoms with Gasteiger partial charge in [-0.15, -0.1) is 0 Å². The van der Waals surface area contributed by atoms with Crippen LogP contribution in [-0.4, -0.2) is 35.4 Å². The highest BCUT2D eigenvalue weighted by Gasteiger charge is 2.20. The highest BCUT2D eigenvalue weighted by atomic mass is 31.2. The molecule has 0 saturated heterocycles. The Labute approximate surface area is 165 Å².